The molecule has 0 radical (unpaired) electrons. The van der Waals surface area contributed by atoms with Gasteiger partial charge in [0.25, 0.3) is 11.4 Å². The van der Waals surface area contributed by atoms with Crippen molar-refractivity contribution in [2.75, 3.05) is 5.73 Å². The Morgan fingerprint density at radius 2 is 2.35 bits per heavy atom. The monoisotopic (exact) mass is 307 g/mol. The van der Waals surface area contributed by atoms with Crippen molar-refractivity contribution in [3.05, 3.63) is 39.8 Å². The van der Waals surface area contributed by atoms with E-state index in [9.17, 15) is 4.79 Å². The number of aromatic amines is 1. The van der Waals surface area contributed by atoms with E-state index in [0.717, 1.165) is 4.88 Å². The molecule has 0 spiro atoms. The van der Waals surface area contributed by atoms with Crippen LogP contribution in [0.15, 0.2) is 38.1 Å². The van der Waals surface area contributed by atoms with E-state index >= 15 is 0 Å². The topological polar surface area (TPSA) is 111 Å². The molecule has 0 saturated carbocycles. The molecule has 0 fully saturated rings. The summed E-state index contributed by atoms with van der Waals surface area (Å²) in [5.74, 6) is 1.64. The number of hydrogen-bond donors (Lipinski definition) is 2. The van der Waals surface area contributed by atoms with Gasteiger partial charge < -0.3 is 15.2 Å². The first kappa shape index (κ1) is 12.9. The number of nitrogens with one attached hydrogen (secondary N) is 1. The van der Waals surface area contributed by atoms with Crippen LogP contribution in [0.3, 0.4) is 0 Å². The van der Waals surface area contributed by atoms with Crippen molar-refractivity contribution in [3.63, 3.8) is 0 Å². The van der Waals surface area contributed by atoms with Crippen LogP contribution in [0.4, 0.5) is 5.82 Å². The van der Waals surface area contributed by atoms with Crippen molar-refractivity contribution in [2.45, 2.75) is 10.9 Å². The third kappa shape index (κ3) is 2.89. The Bertz CT molecular complexity index is 765. The molecular weight excluding hydrogens is 298 g/mol. The second-order valence-corrected chi connectivity index (χ2v) is 5.67. The molecule has 0 unspecified atom stereocenters. The third-order valence-corrected chi connectivity index (χ3v) is 4.00. The fraction of sp³-hybridized carbons (Fsp3) is 0.0909. The van der Waals surface area contributed by atoms with E-state index in [1.165, 1.54) is 29.2 Å². The van der Waals surface area contributed by atoms with Gasteiger partial charge in [-0.3, -0.25) is 4.79 Å². The lowest BCUT2D eigenvalue weighted by molar-refractivity contribution is 0.426. The van der Waals surface area contributed by atoms with Crippen LogP contribution in [0, 0.1) is 0 Å². The lowest BCUT2D eigenvalue weighted by Gasteiger charge is -1.98. The molecule has 3 rings (SSSR count). The highest BCUT2D eigenvalue weighted by atomic mass is 32.2. The highest BCUT2D eigenvalue weighted by molar-refractivity contribution is 7.98. The summed E-state index contributed by atoms with van der Waals surface area (Å²) in [6.45, 7) is 0. The number of rotatable bonds is 4. The summed E-state index contributed by atoms with van der Waals surface area (Å²) in [6.07, 6.45) is 0. The lowest BCUT2D eigenvalue weighted by Crippen LogP contribution is -2.09. The van der Waals surface area contributed by atoms with Gasteiger partial charge in [0.2, 0.25) is 0 Å². The Kier molecular flexibility index (Phi) is 3.52. The fourth-order valence-corrected chi connectivity index (χ4v) is 2.84. The first-order valence-corrected chi connectivity index (χ1v) is 7.43. The second kappa shape index (κ2) is 5.47. The zero-order chi connectivity index (χ0) is 13.9. The maximum Gasteiger partial charge on any atom is 0.268 e. The Balaban J connectivity index is 1.71. The SMILES string of the molecule is Nc1cc(=O)[nH]c(SCc2noc(-c3cccs3)n2)n1. The number of aromatic nitrogens is 4. The van der Waals surface area contributed by atoms with E-state index in [1.54, 1.807) is 0 Å². The average Bonchev–Trinajstić information content (AvgIpc) is 3.06. The summed E-state index contributed by atoms with van der Waals surface area (Å²) in [5, 5.41) is 6.25. The predicted octanol–water partition coefficient (Wildman–Crippen LogP) is 1.76. The van der Waals surface area contributed by atoms with Crippen LogP contribution in [0.1, 0.15) is 5.82 Å². The number of anilines is 1. The summed E-state index contributed by atoms with van der Waals surface area (Å²) < 4.78 is 5.16. The van der Waals surface area contributed by atoms with Gasteiger partial charge in [-0.05, 0) is 11.4 Å². The predicted molar refractivity (Wildman–Crippen MR) is 76.4 cm³/mol. The molecule has 7 nitrogen and oxygen atoms in total. The second-order valence-electron chi connectivity index (χ2n) is 3.76. The molecule has 3 heterocycles. The third-order valence-electron chi connectivity index (χ3n) is 2.28. The van der Waals surface area contributed by atoms with Crippen molar-refractivity contribution in [1.29, 1.82) is 0 Å². The molecule has 0 aliphatic heterocycles. The van der Waals surface area contributed by atoms with E-state index in [4.69, 9.17) is 10.3 Å². The Morgan fingerprint density at radius 1 is 1.45 bits per heavy atom. The molecule has 20 heavy (non-hydrogen) atoms. The molecule has 102 valence electrons. The molecule has 0 aliphatic rings. The quantitative estimate of drug-likeness (QED) is 0.558. The van der Waals surface area contributed by atoms with Gasteiger partial charge in [-0.2, -0.15) is 4.98 Å². The van der Waals surface area contributed by atoms with Crippen LogP contribution >= 0.6 is 23.1 Å². The number of nitrogens with two attached hydrogens (primary N) is 1. The smallest absolute Gasteiger partial charge is 0.268 e. The van der Waals surface area contributed by atoms with Gasteiger partial charge in [-0.1, -0.05) is 23.0 Å². The van der Waals surface area contributed by atoms with Gasteiger partial charge in [-0.15, -0.1) is 11.3 Å². The molecular formula is C11H9N5O2S2. The van der Waals surface area contributed by atoms with Crippen molar-refractivity contribution < 1.29 is 4.52 Å². The zero-order valence-electron chi connectivity index (χ0n) is 10.1. The normalized spacial score (nSPS) is 10.8. The first-order chi connectivity index (χ1) is 9.70. The number of nitrogens with zero attached hydrogens (tertiary/aromatic N) is 3. The van der Waals surface area contributed by atoms with Gasteiger partial charge >= 0.3 is 0 Å². The molecule has 0 aromatic carbocycles. The van der Waals surface area contributed by atoms with Crippen molar-refractivity contribution in [2.24, 2.45) is 0 Å². The van der Waals surface area contributed by atoms with Crippen LogP contribution in [0.2, 0.25) is 0 Å². The maximum atomic E-state index is 11.2. The van der Waals surface area contributed by atoms with E-state index in [1.807, 2.05) is 17.5 Å². The molecule has 3 aromatic rings. The molecule has 0 bridgehead atoms. The first-order valence-electron chi connectivity index (χ1n) is 5.57. The van der Waals surface area contributed by atoms with Crippen molar-refractivity contribution in [3.8, 4) is 10.8 Å². The Morgan fingerprint density at radius 3 is 3.10 bits per heavy atom. The standard InChI is InChI=1S/C11H9N5O2S2/c12-7-4-9(17)15-11(13-7)20-5-8-14-10(18-16-8)6-2-1-3-19-6/h1-4H,5H2,(H3,12,13,15,17). The van der Waals surface area contributed by atoms with E-state index < -0.39 is 0 Å². The highest BCUT2D eigenvalue weighted by Crippen LogP contribution is 2.24. The zero-order valence-corrected chi connectivity index (χ0v) is 11.7. The molecule has 0 amide bonds. The van der Waals surface area contributed by atoms with Crippen LogP contribution in [0.25, 0.3) is 10.8 Å². The van der Waals surface area contributed by atoms with Crippen LogP contribution in [-0.4, -0.2) is 20.1 Å². The molecule has 0 atom stereocenters. The van der Waals surface area contributed by atoms with Gasteiger partial charge in [0.1, 0.15) is 5.82 Å². The number of nitrogen functional groups attached to an aromatic ring is 1. The largest absolute Gasteiger partial charge is 0.383 e. The highest BCUT2D eigenvalue weighted by Gasteiger charge is 2.10. The van der Waals surface area contributed by atoms with E-state index in [0.29, 0.717) is 22.6 Å². The summed E-state index contributed by atoms with van der Waals surface area (Å²) in [7, 11) is 0. The maximum absolute atomic E-state index is 11.2. The molecule has 3 N–H and O–H groups in total. The number of thiophene rings is 1. The summed E-state index contributed by atoms with van der Waals surface area (Å²) in [5.41, 5.74) is 5.22. The number of hydrogen-bond acceptors (Lipinski definition) is 8. The molecule has 0 aliphatic carbocycles. The average molecular weight is 307 g/mol. The Labute approximate surface area is 121 Å². The Hall–Kier alpha value is -2.13. The van der Waals surface area contributed by atoms with Gasteiger partial charge in [0.05, 0.1) is 10.6 Å². The van der Waals surface area contributed by atoms with Gasteiger partial charge in [0.15, 0.2) is 11.0 Å². The minimum atomic E-state index is -0.285. The van der Waals surface area contributed by atoms with Crippen LogP contribution in [0.5, 0.6) is 0 Å². The lowest BCUT2D eigenvalue weighted by atomic mass is 10.5. The summed E-state index contributed by atoms with van der Waals surface area (Å²) in [4.78, 5) is 23.0. The molecule has 3 aromatic heterocycles. The summed E-state index contributed by atoms with van der Waals surface area (Å²) in [6, 6.07) is 5.05. The van der Waals surface area contributed by atoms with E-state index in [2.05, 4.69) is 20.1 Å². The van der Waals surface area contributed by atoms with Crippen LogP contribution < -0.4 is 11.3 Å². The van der Waals surface area contributed by atoms with E-state index in [-0.39, 0.29) is 11.4 Å². The minimum absolute atomic E-state index is 0.184. The number of thioether (sulfide) groups is 1. The van der Waals surface area contributed by atoms with Gasteiger partial charge in [-0.25, -0.2) is 4.98 Å². The summed E-state index contributed by atoms with van der Waals surface area (Å²) >= 11 is 2.81. The van der Waals surface area contributed by atoms with Crippen LogP contribution in [-0.2, 0) is 5.75 Å². The molecule has 9 heteroatoms. The van der Waals surface area contributed by atoms with Crippen molar-refractivity contribution >= 4 is 28.9 Å². The number of H-pyrrole nitrogens is 1. The fourth-order valence-electron chi connectivity index (χ4n) is 1.47. The molecule has 0 saturated heterocycles. The van der Waals surface area contributed by atoms with Crippen molar-refractivity contribution in [1.82, 2.24) is 20.1 Å². The minimum Gasteiger partial charge on any atom is -0.383 e. The van der Waals surface area contributed by atoms with Gasteiger partial charge in [0, 0.05) is 6.07 Å².